The maximum Gasteiger partial charge on any atom is 0.306 e. The van der Waals surface area contributed by atoms with Gasteiger partial charge in [-0.2, -0.15) is 0 Å². The fourth-order valence-corrected chi connectivity index (χ4v) is 4.03. The van der Waals surface area contributed by atoms with Crippen LogP contribution in [0.3, 0.4) is 0 Å². The molecule has 8 nitrogen and oxygen atoms in total. The van der Waals surface area contributed by atoms with Crippen molar-refractivity contribution in [2.24, 2.45) is 0 Å². The summed E-state index contributed by atoms with van der Waals surface area (Å²) in [6.45, 7) is 13.6. The van der Waals surface area contributed by atoms with E-state index >= 15 is 0 Å². The summed E-state index contributed by atoms with van der Waals surface area (Å²) in [7, 11) is 1.25. The summed E-state index contributed by atoms with van der Waals surface area (Å²) in [5.74, 6) is 0.231. The van der Waals surface area contributed by atoms with Gasteiger partial charge in [-0.15, -0.1) is 13.2 Å². The minimum atomic E-state index is -1.03. The second kappa shape index (κ2) is 15.8. The van der Waals surface area contributed by atoms with Gasteiger partial charge < -0.3 is 29.2 Å². The third kappa shape index (κ3) is 9.84. The van der Waals surface area contributed by atoms with Gasteiger partial charge in [-0.25, -0.2) is 0 Å². The number of hydrogen-bond donors (Lipinski definition) is 2. The lowest BCUT2D eigenvalue weighted by molar-refractivity contribution is -0.151. The summed E-state index contributed by atoms with van der Waals surface area (Å²) < 4.78 is 21.2. The first-order valence-corrected chi connectivity index (χ1v) is 13.3. The Kier molecular flexibility index (Phi) is 12.9. The van der Waals surface area contributed by atoms with Crippen LogP contribution in [0.1, 0.15) is 55.9 Å². The molecule has 2 unspecified atom stereocenters. The highest BCUT2D eigenvalue weighted by Gasteiger charge is 2.25. The molecule has 0 saturated carbocycles. The van der Waals surface area contributed by atoms with Gasteiger partial charge in [-0.1, -0.05) is 50.3 Å². The van der Waals surface area contributed by atoms with E-state index in [1.807, 2.05) is 30.3 Å². The Morgan fingerprint density at radius 1 is 0.850 bits per heavy atom. The van der Waals surface area contributed by atoms with Gasteiger partial charge in [0, 0.05) is 5.41 Å². The number of ether oxygens (including phenoxy) is 4. The van der Waals surface area contributed by atoms with Crippen LogP contribution in [0.5, 0.6) is 11.5 Å². The largest absolute Gasteiger partial charge is 0.491 e. The zero-order valence-electron chi connectivity index (χ0n) is 24.0. The van der Waals surface area contributed by atoms with E-state index in [2.05, 4.69) is 43.9 Å². The van der Waals surface area contributed by atoms with Crippen molar-refractivity contribution in [3.8, 4) is 11.5 Å². The summed E-state index contributed by atoms with van der Waals surface area (Å²) >= 11 is 0. The van der Waals surface area contributed by atoms with Crippen molar-refractivity contribution in [1.82, 2.24) is 0 Å². The van der Waals surface area contributed by atoms with Crippen molar-refractivity contribution >= 4 is 11.9 Å². The Morgan fingerprint density at radius 3 is 1.82 bits per heavy atom. The number of hydrogen-bond acceptors (Lipinski definition) is 8. The third-order valence-corrected chi connectivity index (χ3v) is 6.40. The van der Waals surface area contributed by atoms with Gasteiger partial charge in [0.1, 0.15) is 37.4 Å². The molecule has 0 spiro atoms. The number of methoxy groups -OCH3 is 1. The average Bonchev–Trinajstić information content (AvgIpc) is 2.93. The van der Waals surface area contributed by atoms with Crippen molar-refractivity contribution in [2.75, 3.05) is 26.9 Å². The van der Waals surface area contributed by atoms with Crippen LogP contribution in [0, 0.1) is 0 Å². The normalized spacial score (nSPS) is 12.7. The predicted molar refractivity (Wildman–Crippen MR) is 154 cm³/mol. The molecule has 2 aromatic rings. The van der Waals surface area contributed by atoms with E-state index in [9.17, 15) is 19.8 Å². The smallest absolute Gasteiger partial charge is 0.306 e. The molecule has 0 amide bonds. The highest BCUT2D eigenvalue weighted by atomic mass is 16.6. The zero-order chi connectivity index (χ0) is 29.7. The highest BCUT2D eigenvalue weighted by Crippen LogP contribution is 2.36. The van der Waals surface area contributed by atoms with E-state index < -0.39 is 24.1 Å². The molecule has 40 heavy (non-hydrogen) atoms. The molecule has 0 saturated heterocycles. The predicted octanol–water partition coefficient (Wildman–Crippen LogP) is 4.47. The van der Waals surface area contributed by atoms with E-state index in [-0.39, 0.29) is 38.1 Å². The van der Waals surface area contributed by atoms with Crippen molar-refractivity contribution in [3.05, 3.63) is 84.0 Å². The van der Waals surface area contributed by atoms with Gasteiger partial charge >= 0.3 is 11.9 Å². The van der Waals surface area contributed by atoms with Crippen molar-refractivity contribution < 1.29 is 38.7 Å². The number of aliphatic hydroxyl groups excluding tert-OH is 2. The maximum absolute atomic E-state index is 11.8. The lowest BCUT2D eigenvalue weighted by atomic mass is 9.76. The van der Waals surface area contributed by atoms with Gasteiger partial charge in [0.05, 0.1) is 26.1 Å². The molecule has 2 atom stereocenters. The Bertz CT molecular complexity index is 1150. The second-order valence-electron chi connectivity index (χ2n) is 10.1. The first kappa shape index (κ1) is 32.6. The van der Waals surface area contributed by atoms with E-state index in [0.717, 1.165) is 28.0 Å². The molecule has 2 rings (SSSR count). The minimum Gasteiger partial charge on any atom is -0.491 e. The number of rotatable bonds is 17. The van der Waals surface area contributed by atoms with Gasteiger partial charge in [0.25, 0.3) is 0 Å². The Hall–Kier alpha value is -3.62. The van der Waals surface area contributed by atoms with Crippen molar-refractivity contribution in [1.29, 1.82) is 0 Å². The molecule has 0 heterocycles. The number of carbonyl (C=O) groups excluding carboxylic acids is 2. The molecular formula is C32H42O8. The molecule has 0 fully saturated rings. The van der Waals surface area contributed by atoms with Gasteiger partial charge in [-0.05, 0) is 54.2 Å². The molecule has 0 aliphatic heterocycles. The summed E-state index contributed by atoms with van der Waals surface area (Å²) in [6, 6.07) is 12.0. The Labute approximate surface area is 237 Å². The molecule has 8 heteroatoms. The first-order valence-electron chi connectivity index (χ1n) is 13.3. The molecule has 218 valence electrons. The number of benzene rings is 2. The lowest BCUT2D eigenvalue weighted by Gasteiger charge is -2.28. The van der Waals surface area contributed by atoms with E-state index in [1.165, 1.54) is 7.11 Å². The van der Waals surface area contributed by atoms with Crippen LogP contribution in [0.4, 0.5) is 0 Å². The van der Waals surface area contributed by atoms with Crippen LogP contribution in [0.2, 0.25) is 0 Å². The first-order chi connectivity index (χ1) is 19.0. The summed E-state index contributed by atoms with van der Waals surface area (Å²) in [5.41, 5.74) is 3.71. The molecule has 0 bridgehead atoms. The quantitative estimate of drug-likeness (QED) is 0.218. The van der Waals surface area contributed by atoms with Crippen LogP contribution in [0.25, 0.3) is 0 Å². The van der Waals surface area contributed by atoms with Gasteiger partial charge in [-0.3, -0.25) is 9.59 Å². The molecule has 0 aliphatic rings. The number of carbonyl (C=O) groups is 2. The Balaban J connectivity index is 2.14. The zero-order valence-corrected chi connectivity index (χ0v) is 24.0. The summed E-state index contributed by atoms with van der Waals surface area (Å²) in [4.78, 5) is 22.9. The SMILES string of the molecule is C=CCc1cc(C(C)(C)c2ccc(OCC(O)COC(=O)CCC(=O)OC)c(CC=C)c2)ccc1OCC(C)O. The van der Waals surface area contributed by atoms with Gasteiger partial charge in [0.15, 0.2) is 0 Å². The molecule has 0 radical (unpaired) electrons. The van der Waals surface area contributed by atoms with Crippen LogP contribution < -0.4 is 9.47 Å². The van der Waals surface area contributed by atoms with E-state index in [1.54, 1.807) is 13.0 Å². The summed E-state index contributed by atoms with van der Waals surface area (Å²) in [5, 5.41) is 19.9. The van der Waals surface area contributed by atoms with Gasteiger partial charge in [0.2, 0.25) is 0 Å². The minimum absolute atomic E-state index is 0.0734. The van der Waals surface area contributed by atoms with Crippen molar-refractivity contribution in [2.45, 2.75) is 64.1 Å². The maximum atomic E-state index is 11.8. The standard InChI is InChI=1S/C32H42O8/c1-7-9-23-17-25(11-13-28(23)38-19-22(3)33)32(4,5)26-12-14-29(24(18-26)10-8-2)39-20-27(34)21-40-31(36)16-15-30(35)37-6/h7-8,11-14,17-18,22,27,33-34H,1-2,9-10,15-16,19-21H2,3-6H3. The number of esters is 2. The van der Waals surface area contributed by atoms with E-state index in [0.29, 0.717) is 18.6 Å². The number of allylic oxidation sites excluding steroid dienone is 2. The van der Waals surface area contributed by atoms with Crippen LogP contribution in [-0.2, 0) is 37.3 Å². The molecule has 2 aromatic carbocycles. The fraction of sp³-hybridized carbons (Fsp3) is 0.438. The monoisotopic (exact) mass is 554 g/mol. The second-order valence-corrected chi connectivity index (χ2v) is 10.1. The average molecular weight is 555 g/mol. The van der Waals surface area contributed by atoms with Crippen LogP contribution >= 0.6 is 0 Å². The van der Waals surface area contributed by atoms with Crippen molar-refractivity contribution in [3.63, 3.8) is 0 Å². The Morgan fingerprint density at radius 2 is 1.35 bits per heavy atom. The van der Waals surface area contributed by atoms with Crippen LogP contribution in [0.15, 0.2) is 61.7 Å². The molecular weight excluding hydrogens is 512 g/mol. The van der Waals surface area contributed by atoms with Crippen LogP contribution in [-0.4, -0.2) is 61.3 Å². The summed E-state index contributed by atoms with van der Waals surface area (Å²) in [6.07, 6.45) is 3.02. The molecule has 2 N–H and O–H groups in total. The topological polar surface area (TPSA) is 112 Å². The number of aliphatic hydroxyl groups is 2. The molecule has 0 aromatic heterocycles. The lowest BCUT2D eigenvalue weighted by Crippen LogP contribution is -2.26. The van der Waals surface area contributed by atoms with E-state index in [4.69, 9.17) is 14.2 Å². The molecule has 0 aliphatic carbocycles. The fourth-order valence-electron chi connectivity index (χ4n) is 4.03. The highest BCUT2D eigenvalue weighted by molar-refractivity contribution is 5.77. The third-order valence-electron chi connectivity index (χ3n) is 6.40.